The van der Waals surface area contributed by atoms with Gasteiger partial charge in [0.15, 0.2) is 6.61 Å². The maximum absolute atomic E-state index is 12.5. The quantitative estimate of drug-likeness (QED) is 0.794. The van der Waals surface area contributed by atoms with Gasteiger partial charge in [0.1, 0.15) is 5.75 Å². The number of rotatable bonds is 5. The van der Waals surface area contributed by atoms with E-state index in [0.29, 0.717) is 22.9 Å². The van der Waals surface area contributed by atoms with E-state index in [9.17, 15) is 4.79 Å². The van der Waals surface area contributed by atoms with E-state index in [2.05, 4.69) is 11.0 Å². The summed E-state index contributed by atoms with van der Waals surface area (Å²) in [6.45, 7) is 4.08. The molecule has 1 aliphatic heterocycles. The van der Waals surface area contributed by atoms with Crippen LogP contribution in [0.5, 0.6) is 5.75 Å². The molecule has 0 unspecified atom stereocenters. The molecule has 140 valence electrons. The van der Waals surface area contributed by atoms with Crippen molar-refractivity contribution in [3.8, 4) is 11.8 Å². The molecule has 0 bridgehead atoms. The molecule has 27 heavy (non-hydrogen) atoms. The maximum Gasteiger partial charge on any atom is 0.260 e. The van der Waals surface area contributed by atoms with Crippen molar-refractivity contribution >= 4 is 17.5 Å². The molecule has 1 fully saturated rings. The number of hydrogen-bond donors (Lipinski definition) is 0. The Bertz CT molecular complexity index is 800. The van der Waals surface area contributed by atoms with Crippen molar-refractivity contribution in [1.29, 1.82) is 5.26 Å². The van der Waals surface area contributed by atoms with Gasteiger partial charge in [-0.25, -0.2) is 0 Å². The maximum atomic E-state index is 12.5. The number of nitrogens with zero attached hydrogens (tertiary/aromatic N) is 3. The first-order valence-electron chi connectivity index (χ1n) is 9.01. The highest BCUT2D eigenvalue weighted by Gasteiger charge is 2.19. The molecule has 1 aliphatic rings. The number of hydrogen-bond acceptors (Lipinski definition) is 4. The third kappa shape index (κ3) is 5.72. The lowest BCUT2D eigenvalue weighted by Crippen LogP contribution is -2.38. The third-order valence-electron chi connectivity index (χ3n) is 4.61. The highest BCUT2D eigenvalue weighted by atomic mass is 35.5. The van der Waals surface area contributed by atoms with Crippen molar-refractivity contribution in [2.24, 2.45) is 0 Å². The van der Waals surface area contributed by atoms with Crippen molar-refractivity contribution in [1.82, 2.24) is 9.80 Å². The first-order valence-corrected chi connectivity index (χ1v) is 9.39. The first-order chi connectivity index (χ1) is 13.1. The summed E-state index contributed by atoms with van der Waals surface area (Å²) in [4.78, 5) is 16.7. The molecular weight excluding hydrogens is 362 g/mol. The van der Waals surface area contributed by atoms with Gasteiger partial charge >= 0.3 is 0 Å². The fraction of sp³-hybridized carbons (Fsp3) is 0.333. The molecule has 2 aromatic carbocycles. The number of carbonyl (C=O) groups is 1. The van der Waals surface area contributed by atoms with E-state index in [0.717, 1.165) is 32.6 Å². The lowest BCUT2D eigenvalue weighted by Gasteiger charge is -2.22. The van der Waals surface area contributed by atoms with Crippen LogP contribution in [0.2, 0.25) is 5.02 Å². The van der Waals surface area contributed by atoms with Crippen molar-refractivity contribution in [3.63, 3.8) is 0 Å². The van der Waals surface area contributed by atoms with Crippen LogP contribution in [0.25, 0.3) is 0 Å². The van der Waals surface area contributed by atoms with Crippen LogP contribution in [0.15, 0.2) is 48.5 Å². The van der Waals surface area contributed by atoms with Crippen molar-refractivity contribution < 1.29 is 9.53 Å². The average molecular weight is 384 g/mol. The predicted octanol–water partition coefficient (Wildman–Crippen LogP) is 3.32. The second-order valence-corrected chi connectivity index (χ2v) is 7.00. The minimum atomic E-state index is 0.00479. The monoisotopic (exact) mass is 383 g/mol. The van der Waals surface area contributed by atoms with E-state index in [4.69, 9.17) is 21.6 Å². The Labute approximate surface area is 164 Å². The Balaban J connectivity index is 1.47. The molecule has 3 rings (SSSR count). The summed E-state index contributed by atoms with van der Waals surface area (Å²) < 4.78 is 5.57. The summed E-state index contributed by atoms with van der Waals surface area (Å²) in [5.74, 6) is 0.648. The summed E-state index contributed by atoms with van der Waals surface area (Å²) in [5, 5.41) is 9.53. The summed E-state index contributed by atoms with van der Waals surface area (Å²) in [7, 11) is 0. The van der Waals surface area contributed by atoms with Crippen molar-refractivity contribution in [2.75, 3.05) is 32.8 Å². The molecular formula is C21H22ClN3O2. The standard InChI is InChI=1S/C21H22ClN3O2/c22-19-6-8-20(9-7-19)27-16-21(26)25-11-1-10-24(12-13-25)15-18-4-2-17(14-23)3-5-18/h2-9H,1,10-13,15-16H2. The van der Waals surface area contributed by atoms with E-state index in [1.54, 1.807) is 24.3 Å². The fourth-order valence-electron chi connectivity index (χ4n) is 3.09. The number of carbonyl (C=O) groups excluding carboxylic acids is 1. The van der Waals surface area contributed by atoms with Crippen LogP contribution in [0, 0.1) is 11.3 Å². The van der Waals surface area contributed by atoms with Gasteiger partial charge in [-0.2, -0.15) is 5.26 Å². The van der Waals surface area contributed by atoms with E-state index in [1.165, 1.54) is 5.56 Å². The third-order valence-corrected chi connectivity index (χ3v) is 4.86. The molecule has 0 spiro atoms. The number of halogens is 1. The fourth-order valence-corrected chi connectivity index (χ4v) is 3.21. The van der Waals surface area contributed by atoms with Gasteiger partial charge in [-0.3, -0.25) is 9.69 Å². The number of benzene rings is 2. The summed E-state index contributed by atoms with van der Waals surface area (Å²) in [6.07, 6.45) is 0.933. The summed E-state index contributed by atoms with van der Waals surface area (Å²) in [6, 6.07) is 16.8. The molecule has 0 atom stereocenters. The number of nitriles is 1. The first kappa shape index (κ1) is 19.2. The molecule has 5 nitrogen and oxygen atoms in total. The van der Waals surface area contributed by atoms with Crippen LogP contribution in [-0.2, 0) is 11.3 Å². The lowest BCUT2D eigenvalue weighted by atomic mass is 10.1. The Morgan fingerprint density at radius 3 is 2.48 bits per heavy atom. The molecule has 0 N–H and O–H groups in total. The van der Waals surface area contributed by atoms with E-state index in [-0.39, 0.29) is 12.5 Å². The van der Waals surface area contributed by atoms with Crippen LogP contribution >= 0.6 is 11.6 Å². The van der Waals surface area contributed by atoms with Gasteiger partial charge in [-0.05, 0) is 48.4 Å². The molecule has 0 radical (unpaired) electrons. The summed E-state index contributed by atoms with van der Waals surface area (Å²) in [5.41, 5.74) is 1.85. The van der Waals surface area contributed by atoms with Crippen molar-refractivity contribution in [3.05, 3.63) is 64.7 Å². The minimum Gasteiger partial charge on any atom is -0.484 e. The zero-order chi connectivity index (χ0) is 19.1. The zero-order valence-electron chi connectivity index (χ0n) is 15.1. The van der Waals surface area contributed by atoms with E-state index in [1.807, 2.05) is 29.2 Å². The lowest BCUT2D eigenvalue weighted by molar-refractivity contribution is -0.133. The molecule has 0 saturated carbocycles. The van der Waals surface area contributed by atoms with Gasteiger partial charge in [0.25, 0.3) is 5.91 Å². The summed E-state index contributed by atoms with van der Waals surface area (Å²) >= 11 is 5.85. The van der Waals surface area contributed by atoms with Gasteiger partial charge in [-0.1, -0.05) is 23.7 Å². The zero-order valence-corrected chi connectivity index (χ0v) is 15.9. The average Bonchev–Trinajstić information content (AvgIpc) is 2.93. The number of ether oxygens (including phenoxy) is 1. The molecule has 0 aliphatic carbocycles. The van der Waals surface area contributed by atoms with Gasteiger partial charge in [-0.15, -0.1) is 0 Å². The predicted molar refractivity (Wildman–Crippen MR) is 105 cm³/mol. The largest absolute Gasteiger partial charge is 0.484 e. The molecule has 1 saturated heterocycles. The van der Waals surface area contributed by atoms with Gasteiger partial charge < -0.3 is 9.64 Å². The highest BCUT2D eigenvalue weighted by molar-refractivity contribution is 6.30. The smallest absolute Gasteiger partial charge is 0.260 e. The Morgan fingerprint density at radius 1 is 1.04 bits per heavy atom. The second-order valence-electron chi connectivity index (χ2n) is 6.56. The van der Waals surface area contributed by atoms with Gasteiger partial charge in [0.05, 0.1) is 11.6 Å². The van der Waals surface area contributed by atoms with Gasteiger partial charge in [0, 0.05) is 37.7 Å². The SMILES string of the molecule is N#Cc1ccc(CN2CCCN(C(=O)COc3ccc(Cl)cc3)CC2)cc1. The molecule has 2 aromatic rings. The van der Waals surface area contributed by atoms with Crippen LogP contribution in [0.4, 0.5) is 0 Å². The van der Waals surface area contributed by atoms with E-state index < -0.39 is 0 Å². The Hall–Kier alpha value is -2.55. The van der Waals surface area contributed by atoms with Crippen LogP contribution in [0.1, 0.15) is 17.5 Å². The molecule has 6 heteroatoms. The van der Waals surface area contributed by atoms with E-state index >= 15 is 0 Å². The Kier molecular flexibility index (Phi) is 6.69. The normalized spacial score (nSPS) is 15.0. The topological polar surface area (TPSA) is 56.6 Å². The molecule has 1 amide bonds. The Morgan fingerprint density at radius 2 is 1.78 bits per heavy atom. The number of amides is 1. The van der Waals surface area contributed by atoms with Crippen LogP contribution in [0.3, 0.4) is 0 Å². The minimum absolute atomic E-state index is 0.00479. The van der Waals surface area contributed by atoms with Crippen LogP contribution in [-0.4, -0.2) is 48.5 Å². The highest BCUT2D eigenvalue weighted by Crippen LogP contribution is 2.16. The molecule has 0 aromatic heterocycles. The second kappa shape index (κ2) is 9.40. The van der Waals surface area contributed by atoms with Crippen LogP contribution < -0.4 is 4.74 Å². The van der Waals surface area contributed by atoms with Gasteiger partial charge in [0.2, 0.25) is 0 Å². The van der Waals surface area contributed by atoms with Crippen molar-refractivity contribution in [2.45, 2.75) is 13.0 Å². The molecule has 1 heterocycles.